The highest BCUT2D eigenvalue weighted by Crippen LogP contribution is 2.11. The van der Waals surface area contributed by atoms with Gasteiger partial charge in [-0.25, -0.2) is 0 Å². The topological polar surface area (TPSA) is 43.1 Å². The van der Waals surface area contributed by atoms with Gasteiger partial charge in [0.05, 0.1) is 0 Å². The molecular weight excluding hydrogens is 210 g/mol. The summed E-state index contributed by atoms with van der Waals surface area (Å²) in [7, 11) is 0. The van der Waals surface area contributed by atoms with E-state index in [0.29, 0.717) is 0 Å². The Morgan fingerprint density at radius 3 is 2.35 bits per heavy atom. The van der Waals surface area contributed by atoms with Crippen LogP contribution in [0.2, 0.25) is 0 Å². The Kier molecular flexibility index (Phi) is 10.7. The van der Waals surface area contributed by atoms with E-state index in [1.165, 1.54) is 25.7 Å². The fourth-order valence-electron chi connectivity index (χ4n) is 1.72. The van der Waals surface area contributed by atoms with Crippen molar-refractivity contribution in [1.82, 2.24) is 0 Å². The fraction of sp³-hybridized carbons (Fsp3) is 0.667. The molecule has 0 saturated carbocycles. The van der Waals surface area contributed by atoms with E-state index in [1.54, 1.807) is 0 Å². The van der Waals surface area contributed by atoms with Gasteiger partial charge in [-0.15, -0.1) is 0 Å². The van der Waals surface area contributed by atoms with Crippen LogP contribution in [-0.4, -0.2) is 5.91 Å². The van der Waals surface area contributed by atoms with Crippen molar-refractivity contribution in [1.29, 1.82) is 0 Å². The molecule has 2 N–H and O–H groups in total. The quantitative estimate of drug-likeness (QED) is 0.347. The van der Waals surface area contributed by atoms with Crippen LogP contribution in [0.1, 0.15) is 65.2 Å². The number of carbonyl (C=O) groups excluding carboxylic acids is 1. The van der Waals surface area contributed by atoms with Gasteiger partial charge < -0.3 is 5.73 Å². The highest BCUT2D eigenvalue weighted by Gasteiger charge is 2.03. The zero-order chi connectivity index (χ0) is 12.9. The summed E-state index contributed by atoms with van der Waals surface area (Å²) in [5.41, 5.74) is 6.15. The minimum absolute atomic E-state index is 0.259. The minimum atomic E-state index is -0.259. The standard InChI is InChI=1S/C15H27NO/c1-3-5-7-9-11-13-14(15(16)17)12-10-8-6-4-2/h6,8,12H,3-5,7,9-11,13H2,1-2H3,(H2,16,17)/b8-6+,14-12-. The van der Waals surface area contributed by atoms with Crippen LogP contribution in [0.15, 0.2) is 23.8 Å². The van der Waals surface area contributed by atoms with Gasteiger partial charge in [0.2, 0.25) is 5.91 Å². The third kappa shape index (κ3) is 9.86. The first-order chi connectivity index (χ1) is 8.22. The van der Waals surface area contributed by atoms with E-state index < -0.39 is 0 Å². The second kappa shape index (κ2) is 11.4. The van der Waals surface area contributed by atoms with Gasteiger partial charge in [-0.2, -0.15) is 0 Å². The number of nitrogens with two attached hydrogens (primary N) is 1. The molecule has 0 saturated heterocycles. The second-order valence-electron chi connectivity index (χ2n) is 4.37. The number of unbranched alkanes of at least 4 members (excludes halogenated alkanes) is 4. The summed E-state index contributed by atoms with van der Waals surface area (Å²) in [4.78, 5) is 11.2. The molecule has 0 spiro atoms. The van der Waals surface area contributed by atoms with Crippen molar-refractivity contribution in [3.05, 3.63) is 23.8 Å². The monoisotopic (exact) mass is 237 g/mol. The van der Waals surface area contributed by atoms with Crippen molar-refractivity contribution >= 4 is 5.91 Å². The summed E-state index contributed by atoms with van der Waals surface area (Å²) < 4.78 is 0. The SMILES string of the molecule is CC/C=C/C/C=C(/CCCCCCC)C(N)=O. The Morgan fingerprint density at radius 1 is 1.06 bits per heavy atom. The van der Waals surface area contributed by atoms with Crippen LogP contribution in [0.25, 0.3) is 0 Å². The molecule has 0 aromatic carbocycles. The summed E-state index contributed by atoms with van der Waals surface area (Å²) in [5.74, 6) is -0.259. The lowest BCUT2D eigenvalue weighted by molar-refractivity contribution is -0.114. The molecule has 0 aromatic rings. The normalized spacial score (nSPS) is 12.2. The molecule has 0 bridgehead atoms. The van der Waals surface area contributed by atoms with Gasteiger partial charge in [0.1, 0.15) is 0 Å². The molecule has 0 aliphatic rings. The van der Waals surface area contributed by atoms with E-state index in [4.69, 9.17) is 5.73 Å². The van der Waals surface area contributed by atoms with Gasteiger partial charge in [0.25, 0.3) is 0 Å². The fourth-order valence-corrected chi connectivity index (χ4v) is 1.72. The molecular formula is C15H27NO. The Labute approximate surface area is 106 Å². The van der Waals surface area contributed by atoms with E-state index in [9.17, 15) is 4.79 Å². The molecule has 0 fully saturated rings. The molecule has 0 atom stereocenters. The number of hydrogen-bond donors (Lipinski definition) is 1. The molecule has 0 aromatic heterocycles. The first kappa shape index (κ1) is 16.0. The lowest BCUT2D eigenvalue weighted by atomic mass is 10.0. The molecule has 0 aliphatic heterocycles. The summed E-state index contributed by atoms with van der Waals surface area (Å²) in [5, 5.41) is 0. The maximum atomic E-state index is 11.2. The highest BCUT2D eigenvalue weighted by atomic mass is 16.1. The molecule has 0 radical (unpaired) electrons. The zero-order valence-electron chi connectivity index (χ0n) is 11.4. The number of primary amides is 1. The van der Waals surface area contributed by atoms with Gasteiger partial charge in [0, 0.05) is 5.57 Å². The first-order valence-corrected chi connectivity index (χ1v) is 6.86. The Bertz CT molecular complexity index is 254. The largest absolute Gasteiger partial charge is 0.366 e. The van der Waals surface area contributed by atoms with Crippen molar-refractivity contribution in [3.8, 4) is 0 Å². The Morgan fingerprint density at radius 2 is 1.76 bits per heavy atom. The number of amides is 1. The van der Waals surface area contributed by atoms with Crippen molar-refractivity contribution < 1.29 is 4.79 Å². The number of rotatable bonds is 10. The molecule has 2 nitrogen and oxygen atoms in total. The molecule has 1 amide bonds. The Balaban J connectivity index is 3.90. The number of allylic oxidation sites excluding steroid dienone is 3. The van der Waals surface area contributed by atoms with E-state index in [2.05, 4.69) is 26.0 Å². The molecule has 0 unspecified atom stereocenters. The first-order valence-electron chi connectivity index (χ1n) is 6.86. The average Bonchev–Trinajstić information content (AvgIpc) is 2.31. The van der Waals surface area contributed by atoms with Gasteiger partial charge in [-0.1, -0.05) is 57.8 Å². The van der Waals surface area contributed by atoms with Crippen molar-refractivity contribution in [2.24, 2.45) is 5.73 Å². The molecule has 17 heavy (non-hydrogen) atoms. The number of hydrogen-bond acceptors (Lipinski definition) is 1. The van der Waals surface area contributed by atoms with Crippen molar-refractivity contribution in [3.63, 3.8) is 0 Å². The van der Waals surface area contributed by atoms with Crippen molar-refractivity contribution in [2.45, 2.75) is 65.2 Å². The highest BCUT2D eigenvalue weighted by molar-refractivity contribution is 5.91. The predicted molar refractivity (Wildman–Crippen MR) is 74.7 cm³/mol. The third-order valence-electron chi connectivity index (χ3n) is 2.77. The van der Waals surface area contributed by atoms with Gasteiger partial charge in [-0.3, -0.25) is 4.79 Å². The van der Waals surface area contributed by atoms with Gasteiger partial charge >= 0.3 is 0 Å². The zero-order valence-corrected chi connectivity index (χ0v) is 11.4. The molecule has 2 heteroatoms. The van der Waals surface area contributed by atoms with Crippen LogP contribution in [0.5, 0.6) is 0 Å². The van der Waals surface area contributed by atoms with Gasteiger partial charge in [0.15, 0.2) is 0 Å². The van der Waals surface area contributed by atoms with Crippen LogP contribution in [0.3, 0.4) is 0 Å². The van der Waals surface area contributed by atoms with Crippen LogP contribution in [-0.2, 0) is 4.79 Å². The smallest absolute Gasteiger partial charge is 0.244 e. The summed E-state index contributed by atoms with van der Waals surface area (Å²) in [6.07, 6.45) is 14.9. The average molecular weight is 237 g/mol. The van der Waals surface area contributed by atoms with E-state index in [0.717, 1.165) is 31.3 Å². The number of carbonyl (C=O) groups is 1. The molecule has 0 rings (SSSR count). The van der Waals surface area contributed by atoms with E-state index in [-0.39, 0.29) is 5.91 Å². The molecule has 0 aliphatic carbocycles. The van der Waals surface area contributed by atoms with E-state index in [1.807, 2.05) is 6.08 Å². The lowest BCUT2D eigenvalue weighted by Crippen LogP contribution is -2.13. The molecule has 98 valence electrons. The van der Waals surface area contributed by atoms with E-state index >= 15 is 0 Å². The van der Waals surface area contributed by atoms with Crippen LogP contribution >= 0.6 is 0 Å². The summed E-state index contributed by atoms with van der Waals surface area (Å²) in [6, 6.07) is 0. The summed E-state index contributed by atoms with van der Waals surface area (Å²) in [6.45, 7) is 4.30. The minimum Gasteiger partial charge on any atom is -0.366 e. The van der Waals surface area contributed by atoms with Crippen LogP contribution in [0.4, 0.5) is 0 Å². The van der Waals surface area contributed by atoms with Gasteiger partial charge in [-0.05, 0) is 25.7 Å². The lowest BCUT2D eigenvalue weighted by Gasteiger charge is -2.03. The maximum Gasteiger partial charge on any atom is 0.244 e. The Hall–Kier alpha value is -1.05. The molecule has 0 heterocycles. The summed E-state index contributed by atoms with van der Waals surface area (Å²) >= 11 is 0. The maximum absolute atomic E-state index is 11.2. The third-order valence-corrected chi connectivity index (χ3v) is 2.77. The predicted octanol–water partition coefficient (Wildman–Crippen LogP) is 4.11. The second-order valence-corrected chi connectivity index (χ2v) is 4.37. The van der Waals surface area contributed by atoms with Crippen molar-refractivity contribution in [2.75, 3.05) is 0 Å². The van der Waals surface area contributed by atoms with Crippen LogP contribution in [0, 0.1) is 0 Å². The van der Waals surface area contributed by atoms with Crippen LogP contribution < -0.4 is 5.73 Å².